The molecule has 0 saturated heterocycles. The molecule has 6 nitrogen and oxygen atoms in total. The van der Waals surface area contributed by atoms with Gasteiger partial charge in [0.25, 0.3) is 5.91 Å². The quantitative estimate of drug-likeness (QED) is 0.392. The number of carbonyl (C=O) groups is 2. The highest BCUT2D eigenvalue weighted by molar-refractivity contribution is 5.94. The number of amides is 2. The van der Waals surface area contributed by atoms with Gasteiger partial charge < -0.3 is 15.2 Å². The number of hydrogen-bond donors (Lipinski definition) is 2. The standard InChI is InChI=1S/C27H28N4O2/c1-19-14-15-22(17-20(19)2)29-26(32)18-31-24-12-7-6-11-23(24)30-25(31)13-8-16-28-27(33)21-9-4-3-5-10-21/h3-7,9-12,14-15,17H,8,13,16,18H2,1-2H3,(H,28,33)(H,29,32). The van der Waals surface area contributed by atoms with Gasteiger partial charge in [-0.3, -0.25) is 9.59 Å². The van der Waals surface area contributed by atoms with Crippen LogP contribution in [0.2, 0.25) is 0 Å². The Labute approximate surface area is 193 Å². The summed E-state index contributed by atoms with van der Waals surface area (Å²) < 4.78 is 1.96. The maximum Gasteiger partial charge on any atom is 0.251 e. The minimum absolute atomic E-state index is 0.0862. The number of fused-ring (bicyclic) bond motifs is 1. The number of carbonyl (C=O) groups excluding carboxylic acids is 2. The summed E-state index contributed by atoms with van der Waals surface area (Å²) in [5, 5.41) is 5.95. The number of hydrogen-bond acceptors (Lipinski definition) is 3. The Morgan fingerprint density at radius 2 is 1.67 bits per heavy atom. The third-order valence-electron chi connectivity index (χ3n) is 5.72. The third kappa shape index (κ3) is 5.47. The largest absolute Gasteiger partial charge is 0.352 e. The Hall–Kier alpha value is -3.93. The van der Waals surface area contributed by atoms with Crippen LogP contribution >= 0.6 is 0 Å². The van der Waals surface area contributed by atoms with Crippen molar-refractivity contribution in [2.45, 2.75) is 33.2 Å². The molecule has 2 amide bonds. The van der Waals surface area contributed by atoms with E-state index in [-0.39, 0.29) is 18.4 Å². The summed E-state index contributed by atoms with van der Waals surface area (Å²) >= 11 is 0. The van der Waals surface area contributed by atoms with Crippen molar-refractivity contribution in [3.63, 3.8) is 0 Å². The van der Waals surface area contributed by atoms with Gasteiger partial charge in [-0.2, -0.15) is 0 Å². The molecule has 0 saturated carbocycles. The molecule has 0 bridgehead atoms. The molecule has 0 aliphatic carbocycles. The summed E-state index contributed by atoms with van der Waals surface area (Å²) in [5.74, 6) is 0.650. The van der Waals surface area contributed by atoms with Gasteiger partial charge in [0, 0.05) is 24.2 Å². The van der Waals surface area contributed by atoms with Crippen molar-refractivity contribution >= 4 is 28.5 Å². The second kappa shape index (κ2) is 10.1. The predicted octanol–water partition coefficient (Wildman–Crippen LogP) is 4.65. The van der Waals surface area contributed by atoms with E-state index in [0.29, 0.717) is 18.5 Å². The Morgan fingerprint density at radius 1 is 0.909 bits per heavy atom. The van der Waals surface area contributed by atoms with Crippen molar-refractivity contribution in [1.82, 2.24) is 14.9 Å². The topological polar surface area (TPSA) is 76.0 Å². The summed E-state index contributed by atoms with van der Waals surface area (Å²) in [7, 11) is 0. The average Bonchev–Trinajstić information content (AvgIpc) is 3.16. The monoisotopic (exact) mass is 440 g/mol. The first-order valence-electron chi connectivity index (χ1n) is 11.2. The summed E-state index contributed by atoms with van der Waals surface area (Å²) in [6.45, 7) is 4.79. The van der Waals surface area contributed by atoms with E-state index in [4.69, 9.17) is 4.98 Å². The van der Waals surface area contributed by atoms with Crippen molar-refractivity contribution < 1.29 is 9.59 Å². The molecule has 1 aromatic heterocycles. The van der Waals surface area contributed by atoms with Crippen molar-refractivity contribution in [3.05, 3.63) is 95.3 Å². The number of anilines is 1. The summed E-state index contributed by atoms with van der Waals surface area (Å²) in [6.07, 6.45) is 1.38. The molecule has 0 atom stereocenters. The summed E-state index contributed by atoms with van der Waals surface area (Å²) in [4.78, 5) is 29.8. The van der Waals surface area contributed by atoms with E-state index in [1.165, 1.54) is 5.56 Å². The summed E-state index contributed by atoms with van der Waals surface area (Å²) in [5.41, 5.74) is 5.55. The van der Waals surface area contributed by atoms with Gasteiger partial charge in [0.1, 0.15) is 12.4 Å². The van der Waals surface area contributed by atoms with E-state index < -0.39 is 0 Å². The van der Waals surface area contributed by atoms with Crippen LogP contribution in [0.4, 0.5) is 5.69 Å². The number of aromatic nitrogens is 2. The number of benzene rings is 3. The number of para-hydroxylation sites is 2. The Morgan fingerprint density at radius 3 is 2.45 bits per heavy atom. The van der Waals surface area contributed by atoms with Gasteiger partial charge >= 0.3 is 0 Å². The molecule has 0 radical (unpaired) electrons. The SMILES string of the molecule is Cc1ccc(NC(=O)Cn2c(CCCNC(=O)c3ccccc3)nc3ccccc32)cc1C. The highest BCUT2D eigenvalue weighted by Crippen LogP contribution is 2.18. The van der Waals surface area contributed by atoms with E-state index in [9.17, 15) is 9.59 Å². The molecular weight excluding hydrogens is 412 g/mol. The van der Waals surface area contributed by atoms with Gasteiger partial charge in [0.15, 0.2) is 0 Å². The van der Waals surface area contributed by atoms with Crippen LogP contribution in [-0.2, 0) is 17.8 Å². The molecule has 2 N–H and O–H groups in total. The van der Waals surface area contributed by atoms with Crippen LogP contribution in [0.1, 0.15) is 33.7 Å². The van der Waals surface area contributed by atoms with Crippen LogP contribution in [-0.4, -0.2) is 27.9 Å². The fourth-order valence-electron chi connectivity index (χ4n) is 3.80. The van der Waals surface area contributed by atoms with Crippen LogP contribution in [0, 0.1) is 13.8 Å². The van der Waals surface area contributed by atoms with Crippen molar-refractivity contribution in [1.29, 1.82) is 0 Å². The molecule has 0 fully saturated rings. The number of nitrogens with one attached hydrogen (secondary N) is 2. The zero-order chi connectivity index (χ0) is 23.2. The average molecular weight is 441 g/mol. The molecule has 0 aliphatic rings. The molecule has 0 spiro atoms. The lowest BCUT2D eigenvalue weighted by Gasteiger charge is -2.11. The lowest BCUT2D eigenvalue weighted by molar-refractivity contribution is -0.116. The predicted molar refractivity (Wildman–Crippen MR) is 131 cm³/mol. The first-order chi connectivity index (χ1) is 16.0. The van der Waals surface area contributed by atoms with Crippen molar-refractivity contribution in [2.24, 2.45) is 0 Å². The van der Waals surface area contributed by atoms with E-state index in [0.717, 1.165) is 34.5 Å². The van der Waals surface area contributed by atoms with Crippen LogP contribution in [0.5, 0.6) is 0 Å². The van der Waals surface area contributed by atoms with Crippen LogP contribution < -0.4 is 10.6 Å². The number of rotatable bonds is 8. The second-order valence-electron chi connectivity index (χ2n) is 8.18. The highest BCUT2D eigenvalue weighted by Gasteiger charge is 2.14. The Bertz CT molecular complexity index is 1280. The van der Waals surface area contributed by atoms with E-state index in [1.54, 1.807) is 12.1 Å². The first kappa shape index (κ1) is 22.3. The van der Waals surface area contributed by atoms with Crippen LogP contribution in [0.3, 0.4) is 0 Å². The molecular formula is C27H28N4O2. The second-order valence-corrected chi connectivity index (χ2v) is 8.18. The van der Waals surface area contributed by atoms with Gasteiger partial charge in [0.05, 0.1) is 11.0 Å². The van der Waals surface area contributed by atoms with E-state index in [1.807, 2.05) is 79.1 Å². The Balaban J connectivity index is 1.42. The van der Waals surface area contributed by atoms with Gasteiger partial charge in [-0.05, 0) is 67.8 Å². The number of nitrogens with zero attached hydrogens (tertiary/aromatic N) is 2. The third-order valence-corrected chi connectivity index (χ3v) is 5.72. The van der Waals surface area contributed by atoms with Crippen molar-refractivity contribution in [3.8, 4) is 0 Å². The molecule has 33 heavy (non-hydrogen) atoms. The lowest BCUT2D eigenvalue weighted by Crippen LogP contribution is -2.25. The Kier molecular flexibility index (Phi) is 6.83. The van der Waals surface area contributed by atoms with Gasteiger partial charge in [-0.15, -0.1) is 0 Å². The molecule has 6 heteroatoms. The minimum Gasteiger partial charge on any atom is -0.352 e. The van der Waals surface area contributed by atoms with E-state index in [2.05, 4.69) is 10.6 Å². The van der Waals surface area contributed by atoms with E-state index >= 15 is 0 Å². The number of aryl methyl sites for hydroxylation is 3. The van der Waals surface area contributed by atoms with Crippen LogP contribution in [0.25, 0.3) is 11.0 Å². The smallest absolute Gasteiger partial charge is 0.251 e. The molecule has 4 rings (SSSR count). The fourth-order valence-corrected chi connectivity index (χ4v) is 3.80. The van der Waals surface area contributed by atoms with Crippen molar-refractivity contribution in [2.75, 3.05) is 11.9 Å². The van der Waals surface area contributed by atoms with Gasteiger partial charge in [-0.25, -0.2) is 4.98 Å². The zero-order valence-corrected chi connectivity index (χ0v) is 19.0. The normalized spacial score (nSPS) is 10.8. The fraction of sp³-hybridized carbons (Fsp3) is 0.222. The molecule has 4 aromatic rings. The maximum absolute atomic E-state index is 12.8. The molecule has 3 aromatic carbocycles. The molecule has 168 valence electrons. The molecule has 0 unspecified atom stereocenters. The van der Waals surface area contributed by atoms with Crippen LogP contribution in [0.15, 0.2) is 72.8 Å². The highest BCUT2D eigenvalue weighted by atomic mass is 16.2. The lowest BCUT2D eigenvalue weighted by atomic mass is 10.1. The molecule has 1 heterocycles. The zero-order valence-electron chi connectivity index (χ0n) is 19.0. The first-order valence-corrected chi connectivity index (χ1v) is 11.2. The number of imidazole rings is 1. The minimum atomic E-state index is -0.0972. The molecule has 0 aliphatic heterocycles. The van der Waals surface area contributed by atoms with Gasteiger partial charge in [0.2, 0.25) is 5.91 Å². The summed E-state index contributed by atoms with van der Waals surface area (Å²) in [6, 6.07) is 22.9. The van der Waals surface area contributed by atoms with Gasteiger partial charge in [-0.1, -0.05) is 36.4 Å². The maximum atomic E-state index is 12.8.